The maximum Gasteiger partial charge on any atom is 0.257 e. The first-order chi connectivity index (χ1) is 11.9. The maximum absolute atomic E-state index is 12.3. The Morgan fingerprint density at radius 1 is 1.28 bits per heavy atom. The largest absolute Gasteiger partial charge is 0.476 e. The molecule has 3 rings (SSSR count). The minimum absolute atomic E-state index is 0.0140. The molecule has 0 saturated carbocycles. The standard InChI is InChI=1S/C18H25N5O2/c1-18(2,3)15-4-5-16(22-21-15)25-12-13-6-8-23(9-7-13)17(24)14-10-19-20-11-14/h4-5,10-11,13H,6-9,12H2,1-3H3,(H,19,20). The highest BCUT2D eigenvalue weighted by Crippen LogP contribution is 2.22. The molecule has 1 saturated heterocycles. The molecule has 134 valence electrons. The van der Waals surface area contributed by atoms with Crippen molar-refractivity contribution >= 4 is 5.91 Å². The summed E-state index contributed by atoms with van der Waals surface area (Å²) in [7, 11) is 0. The quantitative estimate of drug-likeness (QED) is 0.922. The van der Waals surface area contributed by atoms with Gasteiger partial charge in [-0.1, -0.05) is 20.8 Å². The monoisotopic (exact) mass is 343 g/mol. The minimum atomic E-state index is -0.0140. The lowest BCUT2D eigenvalue weighted by Gasteiger charge is -2.31. The van der Waals surface area contributed by atoms with Crippen molar-refractivity contribution in [3.63, 3.8) is 0 Å². The summed E-state index contributed by atoms with van der Waals surface area (Å²) in [6, 6.07) is 3.85. The van der Waals surface area contributed by atoms with E-state index < -0.39 is 0 Å². The fraction of sp³-hybridized carbons (Fsp3) is 0.556. The van der Waals surface area contributed by atoms with Crippen LogP contribution in [0.3, 0.4) is 0 Å². The van der Waals surface area contributed by atoms with Gasteiger partial charge in [-0.25, -0.2) is 0 Å². The molecule has 7 heteroatoms. The Balaban J connectivity index is 1.46. The number of carbonyl (C=O) groups is 1. The third kappa shape index (κ3) is 4.35. The highest BCUT2D eigenvalue weighted by Gasteiger charge is 2.24. The van der Waals surface area contributed by atoms with Gasteiger partial charge in [0.25, 0.3) is 5.91 Å². The second-order valence-electron chi connectivity index (χ2n) is 7.54. The van der Waals surface area contributed by atoms with Crippen molar-refractivity contribution in [3.8, 4) is 5.88 Å². The van der Waals surface area contributed by atoms with E-state index in [1.807, 2.05) is 17.0 Å². The number of ether oxygens (including phenoxy) is 1. The summed E-state index contributed by atoms with van der Waals surface area (Å²) in [5.74, 6) is 1.03. The number of piperidine rings is 1. The fourth-order valence-corrected chi connectivity index (χ4v) is 2.85. The molecule has 2 aromatic heterocycles. The van der Waals surface area contributed by atoms with Gasteiger partial charge in [0, 0.05) is 30.8 Å². The van der Waals surface area contributed by atoms with Crippen LogP contribution >= 0.6 is 0 Å². The van der Waals surface area contributed by atoms with E-state index in [0.29, 0.717) is 24.0 Å². The SMILES string of the molecule is CC(C)(C)c1ccc(OCC2CCN(C(=O)c3cn[nH]c3)CC2)nn1. The van der Waals surface area contributed by atoms with Gasteiger partial charge in [0.15, 0.2) is 0 Å². The molecule has 2 aromatic rings. The van der Waals surface area contributed by atoms with E-state index in [9.17, 15) is 4.79 Å². The van der Waals surface area contributed by atoms with Crippen molar-refractivity contribution in [3.05, 3.63) is 35.8 Å². The fourth-order valence-electron chi connectivity index (χ4n) is 2.85. The molecule has 0 spiro atoms. The summed E-state index contributed by atoms with van der Waals surface area (Å²) in [5, 5.41) is 14.9. The van der Waals surface area contributed by atoms with Gasteiger partial charge in [-0.05, 0) is 24.8 Å². The van der Waals surface area contributed by atoms with Crippen LogP contribution in [0.25, 0.3) is 0 Å². The molecule has 0 atom stereocenters. The van der Waals surface area contributed by atoms with Gasteiger partial charge in [0.2, 0.25) is 5.88 Å². The lowest BCUT2D eigenvalue weighted by molar-refractivity contribution is 0.0659. The summed E-state index contributed by atoms with van der Waals surface area (Å²) < 4.78 is 5.79. The van der Waals surface area contributed by atoms with Crippen LogP contribution in [0.1, 0.15) is 49.7 Å². The molecule has 0 aromatic carbocycles. The molecule has 1 aliphatic heterocycles. The van der Waals surface area contributed by atoms with Crippen LogP contribution in [0.5, 0.6) is 5.88 Å². The van der Waals surface area contributed by atoms with Crippen LogP contribution < -0.4 is 4.74 Å². The predicted molar refractivity (Wildman–Crippen MR) is 93.4 cm³/mol. The van der Waals surface area contributed by atoms with Gasteiger partial charge in [0.05, 0.1) is 24.1 Å². The first-order valence-electron chi connectivity index (χ1n) is 8.68. The molecule has 7 nitrogen and oxygen atoms in total. The molecule has 1 fully saturated rings. The van der Waals surface area contributed by atoms with Gasteiger partial charge in [-0.15, -0.1) is 5.10 Å². The minimum Gasteiger partial charge on any atom is -0.476 e. The van der Waals surface area contributed by atoms with E-state index in [0.717, 1.165) is 31.6 Å². The zero-order chi connectivity index (χ0) is 17.9. The zero-order valence-electron chi connectivity index (χ0n) is 15.0. The van der Waals surface area contributed by atoms with Crippen LogP contribution in [0.2, 0.25) is 0 Å². The number of aromatic amines is 1. The van der Waals surface area contributed by atoms with Gasteiger partial charge < -0.3 is 9.64 Å². The first kappa shape index (κ1) is 17.4. The molecule has 0 aliphatic carbocycles. The van der Waals surface area contributed by atoms with Crippen molar-refractivity contribution in [1.29, 1.82) is 0 Å². The zero-order valence-corrected chi connectivity index (χ0v) is 15.0. The molecule has 1 aliphatic rings. The molecule has 3 heterocycles. The Hall–Kier alpha value is -2.44. The van der Waals surface area contributed by atoms with E-state index in [1.54, 1.807) is 12.4 Å². The van der Waals surface area contributed by atoms with E-state index in [2.05, 4.69) is 41.2 Å². The first-order valence-corrected chi connectivity index (χ1v) is 8.68. The molecule has 25 heavy (non-hydrogen) atoms. The Morgan fingerprint density at radius 2 is 2.04 bits per heavy atom. The molecule has 0 unspecified atom stereocenters. The summed E-state index contributed by atoms with van der Waals surface area (Å²) in [6.07, 6.45) is 5.06. The number of hydrogen-bond acceptors (Lipinski definition) is 5. The van der Waals surface area contributed by atoms with E-state index >= 15 is 0 Å². The van der Waals surface area contributed by atoms with E-state index in [-0.39, 0.29) is 11.3 Å². The van der Waals surface area contributed by atoms with Crippen molar-refractivity contribution in [1.82, 2.24) is 25.3 Å². The molecule has 0 radical (unpaired) electrons. The van der Waals surface area contributed by atoms with Crippen LogP contribution in [-0.4, -0.2) is 50.9 Å². The number of nitrogens with one attached hydrogen (secondary N) is 1. The van der Waals surface area contributed by atoms with Crippen molar-refractivity contribution in [2.24, 2.45) is 5.92 Å². The molecule has 1 N–H and O–H groups in total. The second-order valence-corrected chi connectivity index (χ2v) is 7.54. The topological polar surface area (TPSA) is 84.0 Å². The number of carbonyl (C=O) groups excluding carboxylic acids is 1. The highest BCUT2D eigenvalue weighted by molar-refractivity contribution is 5.93. The highest BCUT2D eigenvalue weighted by atomic mass is 16.5. The third-order valence-corrected chi connectivity index (χ3v) is 4.52. The van der Waals surface area contributed by atoms with Crippen molar-refractivity contribution in [2.75, 3.05) is 19.7 Å². The smallest absolute Gasteiger partial charge is 0.257 e. The lowest BCUT2D eigenvalue weighted by Crippen LogP contribution is -2.39. The molecule has 1 amide bonds. The average molecular weight is 343 g/mol. The molecular weight excluding hydrogens is 318 g/mol. The van der Waals surface area contributed by atoms with Crippen LogP contribution in [0.15, 0.2) is 24.5 Å². The number of amides is 1. The predicted octanol–water partition coefficient (Wildman–Crippen LogP) is 2.43. The van der Waals surface area contributed by atoms with E-state index in [1.165, 1.54) is 0 Å². The Labute approximate surface area is 147 Å². The normalized spacial score (nSPS) is 16.0. The van der Waals surface area contributed by atoms with Crippen molar-refractivity contribution in [2.45, 2.75) is 39.0 Å². The number of rotatable bonds is 4. The Bertz CT molecular complexity index is 683. The number of aromatic nitrogens is 4. The number of likely N-dealkylation sites (tertiary alicyclic amines) is 1. The van der Waals surface area contributed by atoms with E-state index in [4.69, 9.17) is 4.74 Å². The number of hydrogen-bond donors (Lipinski definition) is 1. The van der Waals surface area contributed by atoms with Crippen LogP contribution in [-0.2, 0) is 5.41 Å². The molecule has 0 bridgehead atoms. The second kappa shape index (κ2) is 7.21. The number of H-pyrrole nitrogens is 1. The maximum atomic E-state index is 12.3. The van der Waals surface area contributed by atoms with Crippen molar-refractivity contribution < 1.29 is 9.53 Å². The third-order valence-electron chi connectivity index (χ3n) is 4.52. The lowest BCUT2D eigenvalue weighted by atomic mass is 9.92. The summed E-state index contributed by atoms with van der Waals surface area (Å²) in [4.78, 5) is 14.2. The van der Waals surface area contributed by atoms with Crippen LogP contribution in [0, 0.1) is 5.92 Å². The van der Waals surface area contributed by atoms with Gasteiger partial charge in [0.1, 0.15) is 0 Å². The number of nitrogens with zero attached hydrogens (tertiary/aromatic N) is 4. The van der Waals surface area contributed by atoms with Gasteiger partial charge in [-0.2, -0.15) is 10.2 Å². The Kier molecular flexibility index (Phi) is 5.01. The summed E-state index contributed by atoms with van der Waals surface area (Å²) >= 11 is 0. The van der Waals surface area contributed by atoms with Gasteiger partial charge in [-0.3, -0.25) is 9.89 Å². The van der Waals surface area contributed by atoms with Gasteiger partial charge >= 0.3 is 0 Å². The molecular formula is C18H25N5O2. The summed E-state index contributed by atoms with van der Waals surface area (Å²) in [5.41, 5.74) is 1.55. The Morgan fingerprint density at radius 3 is 2.60 bits per heavy atom. The average Bonchev–Trinajstić information content (AvgIpc) is 3.14. The summed E-state index contributed by atoms with van der Waals surface area (Å²) in [6.45, 7) is 8.42. The van der Waals surface area contributed by atoms with Crippen LogP contribution in [0.4, 0.5) is 0 Å².